The third-order valence-electron chi connectivity index (χ3n) is 6.45. The average molecular weight is 579 g/mol. The molecule has 1 aliphatic rings. The zero-order valence-corrected chi connectivity index (χ0v) is 24.2. The van der Waals surface area contributed by atoms with Gasteiger partial charge in [-0.3, -0.25) is 4.79 Å². The molecule has 40 heavy (non-hydrogen) atoms. The van der Waals surface area contributed by atoms with Crippen LogP contribution in [0.15, 0.2) is 54.2 Å². The fourth-order valence-electron chi connectivity index (χ4n) is 4.48. The zero-order chi connectivity index (χ0) is 28.3. The van der Waals surface area contributed by atoms with Gasteiger partial charge in [0.25, 0.3) is 5.91 Å². The van der Waals surface area contributed by atoms with E-state index in [1.54, 1.807) is 17.5 Å². The minimum absolute atomic E-state index is 0.00404. The van der Waals surface area contributed by atoms with E-state index in [0.717, 1.165) is 21.5 Å². The maximum Gasteiger partial charge on any atom is 0.407 e. The van der Waals surface area contributed by atoms with Gasteiger partial charge in [0.2, 0.25) is 0 Å². The summed E-state index contributed by atoms with van der Waals surface area (Å²) < 4.78 is 6.41. The number of nitrogens with zero attached hydrogens (tertiary/aromatic N) is 4. The summed E-state index contributed by atoms with van der Waals surface area (Å²) in [6.45, 7) is 6.66. The number of hydrogen-bond acceptors (Lipinski definition) is 8. The van der Waals surface area contributed by atoms with Crippen molar-refractivity contribution in [2.75, 3.05) is 18.4 Å². The molecule has 5 rings (SSSR count). The molecule has 1 saturated heterocycles. The first kappa shape index (κ1) is 27.8. The monoisotopic (exact) mass is 578 g/mol. The minimum Gasteiger partial charge on any atom is -0.444 e. The number of alkyl carbamates (subject to hydrolysis) is 1. The molecule has 2 aromatic heterocycles. The molecular formula is C29H31ClN6O3S. The molecule has 0 atom stereocenters. The lowest BCUT2D eigenvalue weighted by Gasteiger charge is -2.33. The summed E-state index contributed by atoms with van der Waals surface area (Å²) in [5, 5.41) is 6.62. The molecule has 2 N–H and O–H groups in total. The van der Waals surface area contributed by atoms with Crippen molar-refractivity contribution in [3.8, 4) is 0 Å². The molecule has 1 aliphatic heterocycles. The topological polar surface area (TPSA) is 109 Å². The molecule has 4 aromatic rings. The Balaban J connectivity index is 1.16. The van der Waals surface area contributed by atoms with E-state index >= 15 is 0 Å². The molecule has 9 nitrogen and oxygen atoms in total. The Hall–Kier alpha value is -3.76. The van der Waals surface area contributed by atoms with E-state index in [9.17, 15) is 9.59 Å². The molecule has 208 valence electrons. The van der Waals surface area contributed by atoms with Crippen molar-refractivity contribution < 1.29 is 14.3 Å². The predicted octanol–water partition coefficient (Wildman–Crippen LogP) is 6.20. The van der Waals surface area contributed by atoms with Crippen LogP contribution < -0.4 is 10.6 Å². The van der Waals surface area contributed by atoms with Gasteiger partial charge in [0.05, 0.1) is 21.9 Å². The van der Waals surface area contributed by atoms with Crippen LogP contribution in [0.25, 0.3) is 10.2 Å². The second-order valence-corrected chi connectivity index (χ2v) is 12.0. The van der Waals surface area contributed by atoms with Gasteiger partial charge in [-0.1, -0.05) is 23.7 Å². The highest BCUT2D eigenvalue weighted by atomic mass is 35.5. The highest BCUT2D eigenvalue weighted by Gasteiger charge is 2.26. The third-order valence-corrected chi connectivity index (χ3v) is 7.52. The van der Waals surface area contributed by atoms with Crippen molar-refractivity contribution in [2.24, 2.45) is 0 Å². The predicted molar refractivity (Wildman–Crippen MR) is 157 cm³/mol. The smallest absolute Gasteiger partial charge is 0.407 e. The number of hydrogen-bond donors (Lipinski definition) is 2. The van der Waals surface area contributed by atoms with Crippen LogP contribution in [0.3, 0.4) is 0 Å². The number of halogens is 1. The van der Waals surface area contributed by atoms with E-state index in [1.807, 2.05) is 73.6 Å². The van der Waals surface area contributed by atoms with Crippen molar-refractivity contribution in [2.45, 2.75) is 51.7 Å². The number of carbonyl (C=O) groups is 2. The van der Waals surface area contributed by atoms with Gasteiger partial charge in [0.15, 0.2) is 5.82 Å². The first-order valence-corrected chi connectivity index (χ1v) is 14.4. The summed E-state index contributed by atoms with van der Waals surface area (Å²) in [5.74, 6) is 1.13. The highest BCUT2D eigenvalue weighted by Crippen LogP contribution is 2.27. The molecule has 0 bridgehead atoms. The van der Waals surface area contributed by atoms with E-state index in [-0.39, 0.29) is 11.9 Å². The van der Waals surface area contributed by atoms with Gasteiger partial charge in [-0.2, -0.15) is 0 Å². The van der Waals surface area contributed by atoms with Crippen LogP contribution in [0, 0.1) is 0 Å². The fourth-order valence-corrected chi connectivity index (χ4v) is 5.33. The molecule has 2 aromatic carbocycles. The molecule has 0 radical (unpaired) electrons. The normalized spacial score (nSPS) is 14.2. The molecule has 11 heteroatoms. The number of nitrogens with one attached hydrogen (secondary N) is 2. The lowest BCUT2D eigenvalue weighted by Crippen LogP contribution is -2.47. The lowest BCUT2D eigenvalue weighted by molar-refractivity contribution is 0.0473. The van der Waals surface area contributed by atoms with E-state index in [2.05, 4.69) is 25.6 Å². The van der Waals surface area contributed by atoms with Gasteiger partial charge >= 0.3 is 6.09 Å². The van der Waals surface area contributed by atoms with Gasteiger partial charge in [0, 0.05) is 36.8 Å². The summed E-state index contributed by atoms with van der Waals surface area (Å²) in [5.41, 5.74) is 4.71. The van der Waals surface area contributed by atoms with E-state index in [1.165, 1.54) is 0 Å². The van der Waals surface area contributed by atoms with Crippen molar-refractivity contribution in [3.05, 3.63) is 76.1 Å². The van der Waals surface area contributed by atoms with Crippen LogP contribution in [0.4, 0.5) is 16.3 Å². The van der Waals surface area contributed by atoms with E-state index in [0.29, 0.717) is 54.6 Å². The standard InChI is InChI=1S/C29H31ClN6O3S/c1-29(2,3)39-28(38)34-20-10-12-36(13-11-20)27(37)19-6-4-18(5-7-19)14-25-31-16-22(30)26(35-25)33-21-8-9-23-24(15-21)40-17-32-23/h4-9,15-17,20H,10-14H2,1-3H3,(H,34,38)(H,31,33,35). The number of carbonyl (C=O) groups excluding carboxylic acids is 2. The maximum atomic E-state index is 13.1. The molecule has 3 heterocycles. The summed E-state index contributed by atoms with van der Waals surface area (Å²) in [6, 6.07) is 13.4. The number of aromatic nitrogens is 3. The number of piperidine rings is 1. The van der Waals surface area contributed by atoms with Gasteiger partial charge in [-0.05, 0) is 69.5 Å². The summed E-state index contributed by atoms with van der Waals surface area (Å²) >= 11 is 7.94. The van der Waals surface area contributed by atoms with Crippen molar-refractivity contribution in [1.29, 1.82) is 0 Å². The second-order valence-electron chi connectivity index (χ2n) is 10.7. The van der Waals surface area contributed by atoms with Crippen molar-refractivity contribution >= 4 is 56.7 Å². The highest BCUT2D eigenvalue weighted by molar-refractivity contribution is 7.16. The molecule has 0 spiro atoms. The lowest BCUT2D eigenvalue weighted by atomic mass is 10.0. The largest absolute Gasteiger partial charge is 0.444 e. The Labute approximate surface area is 241 Å². The van der Waals surface area contributed by atoms with Crippen LogP contribution in [-0.2, 0) is 11.2 Å². The molecule has 0 unspecified atom stereocenters. The van der Waals surface area contributed by atoms with Crippen LogP contribution in [0.5, 0.6) is 0 Å². The number of amides is 2. The molecule has 0 saturated carbocycles. The van der Waals surface area contributed by atoms with Crippen LogP contribution in [0.1, 0.15) is 55.4 Å². The van der Waals surface area contributed by atoms with Gasteiger partial charge in [0.1, 0.15) is 16.4 Å². The average Bonchev–Trinajstić information content (AvgIpc) is 3.38. The Morgan fingerprint density at radius 2 is 1.85 bits per heavy atom. The number of likely N-dealkylation sites (tertiary alicyclic amines) is 1. The number of fused-ring (bicyclic) bond motifs is 1. The third kappa shape index (κ3) is 7.05. The first-order chi connectivity index (χ1) is 19.1. The van der Waals surface area contributed by atoms with Gasteiger partial charge in [-0.15, -0.1) is 11.3 Å². The minimum atomic E-state index is -0.538. The SMILES string of the molecule is CC(C)(C)OC(=O)NC1CCN(C(=O)c2ccc(Cc3ncc(Cl)c(Nc4ccc5ncsc5c4)n3)cc2)CC1. The molecular weight excluding hydrogens is 548 g/mol. The summed E-state index contributed by atoms with van der Waals surface area (Å²) in [7, 11) is 0. The van der Waals surface area contributed by atoms with Crippen molar-refractivity contribution in [3.63, 3.8) is 0 Å². The van der Waals surface area contributed by atoms with E-state index < -0.39 is 11.7 Å². The number of ether oxygens (including phenoxy) is 1. The first-order valence-electron chi connectivity index (χ1n) is 13.1. The Kier molecular flexibility index (Phi) is 8.18. The number of anilines is 2. The quantitative estimate of drug-likeness (QED) is 0.280. The second kappa shape index (κ2) is 11.8. The van der Waals surface area contributed by atoms with Crippen LogP contribution in [-0.4, -0.2) is 56.6 Å². The summed E-state index contributed by atoms with van der Waals surface area (Å²) in [6.07, 6.45) is 3.04. The van der Waals surface area contributed by atoms with Crippen LogP contribution in [0.2, 0.25) is 5.02 Å². The maximum absolute atomic E-state index is 13.1. The Bertz CT molecular complexity index is 1510. The molecule has 0 aliphatic carbocycles. The van der Waals surface area contributed by atoms with Gasteiger partial charge < -0.3 is 20.3 Å². The van der Waals surface area contributed by atoms with Gasteiger partial charge in [-0.25, -0.2) is 19.7 Å². The molecule has 1 fully saturated rings. The Morgan fingerprint density at radius 3 is 2.58 bits per heavy atom. The van der Waals surface area contributed by atoms with Crippen molar-refractivity contribution in [1.82, 2.24) is 25.2 Å². The Morgan fingerprint density at radius 1 is 1.10 bits per heavy atom. The summed E-state index contributed by atoms with van der Waals surface area (Å²) in [4.78, 5) is 40.3. The number of thiazole rings is 1. The number of benzene rings is 2. The molecule has 2 amide bonds. The number of rotatable bonds is 6. The zero-order valence-electron chi connectivity index (χ0n) is 22.6. The van der Waals surface area contributed by atoms with Crippen LogP contribution >= 0.6 is 22.9 Å². The fraction of sp³-hybridized carbons (Fsp3) is 0.345. The van der Waals surface area contributed by atoms with E-state index in [4.69, 9.17) is 16.3 Å².